The van der Waals surface area contributed by atoms with Crippen molar-refractivity contribution in [2.75, 3.05) is 4.90 Å². The Bertz CT molecular complexity index is 1280. The summed E-state index contributed by atoms with van der Waals surface area (Å²) in [4.78, 5) is 27.6. The molecule has 1 heterocycles. The van der Waals surface area contributed by atoms with Crippen LogP contribution in [0.5, 0.6) is 0 Å². The lowest BCUT2D eigenvalue weighted by Crippen LogP contribution is -2.29. The van der Waals surface area contributed by atoms with Gasteiger partial charge in [0.1, 0.15) is 5.76 Å². The Labute approximate surface area is 204 Å². The molecule has 1 aliphatic rings. The first-order chi connectivity index (χ1) is 15.2. The standard InChI is InChI=1S/C24H15Cl4NO3/c1-12-2-6-15(7-3-12)29-21(13-4-8-16(25)18(27)10-13)20(23(31)24(29)32)22(30)14-5-9-17(26)19(28)11-14/h2-11,21,30H,1H3/b22-20-. The van der Waals surface area contributed by atoms with E-state index in [0.717, 1.165) is 5.56 Å². The molecular formula is C24H15Cl4NO3. The lowest BCUT2D eigenvalue weighted by atomic mass is 9.95. The highest BCUT2D eigenvalue weighted by Gasteiger charge is 2.47. The van der Waals surface area contributed by atoms with Crippen LogP contribution in [0.4, 0.5) is 5.69 Å². The Morgan fingerprint density at radius 1 is 0.812 bits per heavy atom. The van der Waals surface area contributed by atoms with Crippen molar-refractivity contribution in [3.63, 3.8) is 0 Å². The lowest BCUT2D eigenvalue weighted by molar-refractivity contribution is -0.132. The quantitative estimate of drug-likeness (QED) is 0.231. The molecule has 1 unspecified atom stereocenters. The zero-order valence-corrected chi connectivity index (χ0v) is 19.6. The first-order valence-electron chi connectivity index (χ1n) is 9.47. The second-order valence-corrected chi connectivity index (χ2v) is 8.94. The van der Waals surface area contributed by atoms with Gasteiger partial charge >= 0.3 is 0 Å². The van der Waals surface area contributed by atoms with Crippen LogP contribution in [0.3, 0.4) is 0 Å². The molecule has 162 valence electrons. The fourth-order valence-corrected chi connectivity index (χ4v) is 4.21. The SMILES string of the molecule is Cc1ccc(N2C(=O)C(=O)/C(=C(\O)c3ccc(Cl)c(Cl)c3)C2c2ccc(Cl)c(Cl)c2)cc1. The van der Waals surface area contributed by atoms with Gasteiger partial charge in [-0.3, -0.25) is 14.5 Å². The van der Waals surface area contributed by atoms with Gasteiger partial charge in [-0.15, -0.1) is 0 Å². The maximum atomic E-state index is 13.1. The van der Waals surface area contributed by atoms with Crippen LogP contribution in [-0.4, -0.2) is 16.8 Å². The number of aliphatic hydroxyl groups excluding tert-OH is 1. The number of halogens is 4. The third kappa shape index (κ3) is 4.00. The molecule has 3 aromatic carbocycles. The molecule has 0 bridgehead atoms. The zero-order chi connectivity index (χ0) is 23.2. The summed E-state index contributed by atoms with van der Waals surface area (Å²) in [7, 11) is 0. The van der Waals surface area contributed by atoms with Crippen molar-refractivity contribution in [2.24, 2.45) is 0 Å². The number of hydrogen-bond acceptors (Lipinski definition) is 3. The smallest absolute Gasteiger partial charge is 0.300 e. The number of carbonyl (C=O) groups excluding carboxylic acids is 2. The van der Waals surface area contributed by atoms with E-state index in [9.17, 15) is 14.7 Å². The Morgan fingerprint density at radius 2 is 1.41 bits per heavy atom. The Hall–Kier alpha value is -2.50. The van der Waals surface area contributed by atoms with E-state index in [-0.39, 0.29) is 26.9 Å². The molecule has 0 spiro atoms. The predicted molar refractivity (Wildman–Crippen MR) is 129 cm³/mol. The van der Waals surface area contributed by atoms with Crippen LogP contribution in [0, 0.1) is 6.92 Å². The van der Waals surface area contributed by atoms with E-state index in [1.807, 2.05) is 19.1 Å². The molecule has 4 nitrogen and oxygen atoms in total. The van der Waals surface area contributed by atoms with Gasteiger partial charge in [-0.1, -0.05) is 70.2 Å². The van der Waals surface area contributed by atoms with Gasteiger partial charge in [-0.2, -0.15) is 0 Å². The van der Waals surface area contributed by atoms with Crippen molar-refractivity contribution in [3.05, 3.63) is 103 Å². The molecule has 0 saturated carbocycles. The Morgan fingerprint density at radius 3 is 2.00 bits per heavy atom. The fourth-order valence-electron chi connectivity index (χ4n) is 3.60. The number of anilines is 1. The number of hydrogen-bond donors (Lipinski definition) is 1. The number of aliphatic hydroxyl groups is 1. The van der Waals surface area contributed by atoms with Crippen LogP contribution >= 0.6 is 46.4 Å². The van der Waals surface area contributed by atoms with E-state index in [2.05, 4.69) is 0 Å². The number of carbonyl (C=O) groups is 2. The van der Waals surface area contributed by atoms with Gasteiger partial charge < -0.3 is 5.11 Å². The van der Waals surface area contributed by atoms with Crippen molar-refractivity contribution < 1.29 is 14.7 Å². The molecule has 1 saturated heterocycles. The third-order valence-electron chi connectivity index (χ3n) is 5.21. The van der Waals surface area contributed by atoms with Crippen LogP contribution in [0.2, 0.25) is 20.1 Å². The van der Waals surface area contributed by atoms with Crippen molar-refractivity contribution in [1.82, 2.24) is 0 Å². The number of nitrogens with zero attached hydrogens (tertiary/aromatic N) is 1. The lowest BCUT2D eigenvalue weighted by Gasteiger charge is -2.26. The van der Waals surface area contributed by atoms with Crippen molar-refractivity contribution in [1.29, 1.82) is 0 Å². The molecule has 0 aliphatic carbocycles. The Kier molecular flexibility index (Phi) is 6.24. The molecule has 32 heavy (non-hydrogen) atoms. The van der Waals surface area contributed by atoms with Gasteiger partial charge in [-0.25, -0.2) is 0 Å². The van der Waals surface area contributed by atoms with Crippen molar-refractivity contribution in [3.8, 4) is 0 Å². The largest absolute Gasteiger partial charge is 0.507 e. The summed E-state index contributed by atoms with van der Waals surface area (Å²) in [5.41, 5.74) is 2.17. The molecule has 4 rings (SSSR count). The first-order valence-corrected chi connectivity index (χ1v) is 11.0. The molecule has 0 radical (unpaired) electrons. The highest BCUT2D eigenvalue weighted by atomic mass is 35.5. The number of Topliss-reactive ketones (excluding diaryl/α,β-unsaturated/α-hetero) is 1. The molecule has 1 fully saturated rings. The molecule has 1 aliphatic heterocycles. The van der Waals surface area contributed by atoms with Gasteiger partial charge in [0.2, 0.25) is 0 Å². The van der Waals surface area contributed by atoms with E-state index >= 15 is 0 Å². The topological polar surface area (TPSA) is 57.6 Å². The van der Waals surface area contributed by atoms with E-state index in [4.69, 9.17) is 46.4 Å². The second kappa shape index (κ2) is 8.80. The number of amides is 1. The zero-order valence-electron chi connectivity index (χ0n) is 16.6. The summed E-state index contributed by atoms with van der Waals surface area (Å²) in [6, 6.07) is 15.5. The highest BCUT2D eigenvalue weighted by molar-refractivity contribution is 6.52. The fraction of sp³-hybridized carbons (Fsp3) is 0.0833. The summed E-state index contributed by atoms with van der Waals surface area (Å²) in [6.45, 7) is 1.92. The van der Waals surface area contributed by atoms with E-state index in [1.54, 1.807) is 30.3 Å². The molecule has 0 aromatic heterocycles. The summed E-state index contributed by atoms with van der Waals surface area (Å²) in [5.74, 6) is -1.97. The Balaban J connectivity index is 1.97. The van der Waals surface area contributed by atoms with Gasteiger partial charge in [0.05, 0.1) is 31.7 Å². The minimum Gasteiger partial charge on any atom is -0.507 e. The number of rotatable bonds is 3. The van der Waals surface area contributed by atoms with Gasteiger partial charge in [0.15, 0.2) is 0 Å². The maximum absolute atomic E-state index is 13.1. The summed E-state index contributed by atoms with van der Waals surface area (Å²) in [5, 5.41) is 12.2. The molecule has 8 heteroatoms. The average Bonchev–Trinajstić information content (AvgIpc) is 3.03. The van der Waals surface area contributed by atoms with Crippen molar-refractivity contribution >= 4 is 69.5 Å². The number of benzene rings is 3. The van der Waals surface area contributed by atoms with Crippen LogP contribution in [0.1, 0.15) is 22.7 Å². The van der Waals surface area contributed by atoms with Crippen LogP contribution in [-0.2, 0) is 9.59 Å². The minimum absolute atomic E-state index is 0.0904. The molecule has 3 aromatic rings. The monoisotopic (exact) mass is 505 g/mol. The van der Waals surface area contributed by atoms with Gasteiger partial charge in [-0.05, 0) is 55.0 Å². The maximum Gasteiger partial charge on any atom is 0.300 e. The van der Waals surface area contributed by atoms with E-state index < -0.39 is 17.7 Å². The van der Waals surface area contributed by atoms with E-state index in [0.29, 0.717) is 21.3 Å². The second-order valence-electron chi connectivity index (χ2n) is 7.31. The summed E-state index contributed by atoms with van der Waals surface area (Å²) >= 11 is 24.4. The van der Waals surface area contributed by atoms with Gasteiger partial charge in [0.25, 0.3) is 11.7 Å². The first kappa shape index (κ1) is 22.7. The summed E-state index contributed by atoms with van der Waals surface area (Å²) < 4.78 is 0. The van der Waals surface area contributed by atoms with Crippen LogP contribution in [0.25, 0.3) is 5.76 Å². The minimum atomic E-state index is -0.929. The molecule has 1 atom stereocenters. The molecule has 1 amide bonds. The number of ketones is 1. The van der Waals surface area contributed by atoms with Gasteiger partial charge in [0, 0.05) is 11.3 Å². The molecular weight excluding hydrogens is 492 g/mol. The van der Waals surface area contributed by atoms with E-state index in [1.165, 1.54) is 23.1 Å². The number of aryl methyl sites for hydroxylation is 1. The normalized spacial score (nSPS) is 17.8. The van der Waals surface area contributed by atoms with Crippen LogP contribution in [0.15, 0.2) is 66.2 Å². The average molecular weight is 507 g/mol. The predicted octanol–water partition coefficient (Wildman–Crippen LogP) is 7.23. The highest BCUT2D eigenvalue weighted by Crippen LogP contribution is 2.43. The summed E-state index contributed by atoms with van der Waals surface area (Å²) in [6.07, 6.45) is 0. The third-order valence-corrected chi connectivity index (χ3v) is 6.69. The molecule has 1 N–H and O–H groups in total. The van der Waals surface area contributed by atoms with Crippen LogP contribution < -0.4 is 4.90 Å². The van der Waals surface area contributed by atoms with Crippen molar-refractivity contribution in [2.45, 2.75) is 13.0 Å².